The van der Waals surface area contributed by atoms with Crippen LogP contribution in [0.25, 0.3) is 0 Å². The molecule has 2 aliphatic rings. The van der Waals surface area contributed by atoms with Crippen molar-refractivity contribution in [3.63, 3.8) is 0 Å². The first kappa shape index (κ1) is 16.8. The van der Waals surface area contributed by atoms with E-state index in [2.05, 4.69) is 4.98 Å². The summed E-state index contributed by atoms with van der Waals surface area (Å²) in [4.78, 5) is 4.09. The molecule has 0 amide bonds. The molecule has 1 spiro atoms. The standard InChI is InChI=1S/C15H23N3O4S/c16-5-9-22-14-10-13(19)15(14)3-7-18(8-4-15)23(20,21)12-2-1-6-17-11-12/h1-2,6,11,13-14,19H,3-5,7-10,16H2/t13-,14+/m1/s1. The topological polar surface area (TPSA) is 106 Å². The fraction of sp³-hybridized carbons (Fsp3) is 0.667. The molecular weight excluding hydrogens is 318 g/mol. The van der Waals surface area contributed by atoms with Gasteiger partial charge in [0.1, 0.15) is 4.90 Å². The van der Waals surface area contributed by atoms with E-state index < -0.39 is 16.1 Å². The van der Waals surface area contributed by atoms with E-state index >= 15 is 0 Å². The lowest BCUT2D eigenvalue weighted by atomic mass is 9.58. The third-order valence-electron chi connectivity index (χ3n) is 5.10. The van der Waals surface area contributed by atoms with Gasteiger partial charge in [0.15, 0.2) is 0 Å². The summed E-state index contributed by atoms with van der Waals surface area (Å²) in [5, 5.41) is 10.2. The maximum atomic E-state index is 12.6. The third kappa shape index (κ3) is 2.89. The highest BCUT2D eigenvalue weighted by molar-refractivity contribution is 7.89. The van der Waals surface area contributed by atoms with Gasteiger partial charge in [-0.1, -0.05) is 0 Å². The number of ether oxygens (including phenoxy) is 1. The molecule has 2 heterocycles. The van der Waals surface area contributed by atoms with Gasteiger partial charge in [0.2, 0.25) is 10.0 Å². The molecule has 2 fully saturated rings. The number of piperidine rings is 1. The predicted octanol–water partition coefficient (Wildman–Crippen LogP) is -0.0390. The maximum Gasteiger partial charge on any atom is 0.244 e. The van der Waals surface area contributed by atoms with E-state index in [4.69, 9.17) is 10.5 Å². The van der Waals surface area contributed by atoms with Crippen LogP contribution in [0, 0.1) is 5.41 Å². The summed E-state index contributed by atoms with van der Waals surface area (Å²) in [6.45, 7) is 1.69. The molecule has 3 N–H and O–H groups in total. The summed E-state index contributed by atoms with van der Waals surface area (Å²) >= 11 is 0. The van der Waals surface area contributed by atoms with Gasteiger partial charge in [0.25, 0.3) is 0 Å². The molecule has 8 heteroatoms. The van der Waals surface area contributed by atoms with Gasteiger partial charge in [0.05, 0.1) is 18.8 Å². The molecule has 1 aromatic heterocycles. The first-order valence-electron chi connectivity index (χ1n) is 7.90. The van der Waals surface area contributed by atoms with Crippen molar-refractivity contribution in [3.8, 4) is 0 Å². The highest BCUT2D eigenvalue weighted by Crippen LogP contribution is 2.51. The van der Waals surface area contributed by atoms with Crippen LogP contribution >= 0.6 is 0 Å². The molecule has 23 heavy (non-hydrogen) atoms. The van der Waals surface area contributed by atoms with Gasteiger partial charge in [-0.05, 0) is 25.0 Å². The monoisotopic (exact) mass is 341 g/mol. The molecule has 0 bridgehead atoms. The Morgan fingerprint density at radius 3 is 2.74 bits per heavy atom. The van der Waals surface area contributed by atoms with Crippen molar-refractivity contribution in [2.75, 3.05) is 26.2 Å². The molecule has 1 aliphatic carbocycles. The minimum atomic E-state index is -3.52. The SMILES string of the molecule is NCCO[C@H]1C[C@@H](O)C12CCN(S(=O)(=O)c1cccnc1)CC2. The van der Waals surface area contributed by atoms with Gasteiger partial charge < -0.3 is 15.6 Å². The summed E-state index contributed by atoms with van der Waals surface area (Å²) in [5.41, 5.74) is 5.15. The van der Waals surface area contributed by atoms with Gasteiger partial charge in [0, 0.05) is 43.9 Å². The number of aliphatic hydroxyl groups is 1. The molecule has 1 aliphatic heterocycles. The van der Waals surface area contributed by atoms with Crippen LogP contribution in [-0.2, 0) is 14.8 Å². The van der Waals surface area contributed by atoms with Crippen LogP contribution in [0.5, 0.6) is 0 Å². The highest BCUT2D eigenvalue weighted by Gasteiger charge is 2.56. The molecule has 0 unspecified atom stereocenters. The number of pyridine rings is 1. The second kappa shape index (κ2) is 6.45. The first-order valence-corrected chi connectivity index (χ1v) is 9.34. The number of rotatable bonds is 5. The van der Waals surface area contributed by atoms with Crippen LogP contribution in [0.4, 0.5) is 0 Å². The molecule has 7 nitrogen and oxygen atoms in total. The van der Waals surface area contributed by atoms with E-state index in [0.717, 1.165) is 0 Å². The first-order chi connectivity index (χ1) is 11.0. The number of hydrogen-bond donors (Lipinski definition) is 2. The number of sulfonamides is 1. The number of nitrogens with zero attached hydrogens (tertiary/aromatic N) is 2. The smallest absolute Gasteiger partial charge is 0.244 e. The molecule has 0 radical (unpaired) electrons. The Bertz CT molecular complexity index is 629. The zero-order valence-electron chi connectivity index (χ0n) is 13.0. The zero-order chi connectivity index (χ0) is 16.5. The zero-order valence-corrected chi connectivity index (χ0v) is 13.8. The van der Waals surface area contributed by atoms with Gasteiger partial charge in [-0.3, -0.25) is 4.98 Å². The minimum absolute atomic E-state index is 0.0238. The second-order valence-corrected chi connectivity index (χ2v) is 8.16. The van der Waals surface area contributed by atoms with E-state index in [1.54, 1.807) is 18.3 Å². The number of aliphatic hydroxyl groups excluding tert-OH is 1. The largest absolute Gasteiger partial charge is 0.392 e. The van der Waals surface area contributed by atoms with Gasteiger partial charge >= 0.3 is 0 Å². The van der Waals surface area contributed by atoms with Crippen LogP contribution in [-0.4, -0.2) is 61.3 Å². The van der Waals surface area contributed by atoms with E-state index in [1.165, 1.54) is 10.5 Å². The number of aromatic nitrogens is 1. The summed E-state index contributed by atoms with van der Waals surface area (Å²) in [6, 6.07) is 3.17. The Morgan fingerprint density at radius 1 is 1.43 bits per heavy atom. The van der Waals surface area contributed by atoms with Crippen molar-refractivity contribution in [2.45, 2.75) is 36.4 Å². The summed E-state index contributed by atoms with van der Waals surface area (Å²) in [5.74, 6) is 0. The van der Waals surface area contributed by atoms with Crippen molar-refractivity contribution >= 4 is 10.0 Å². The Kier molecular flexibility index (Phi) is 4.70. The van der Waals surface area contributed by atoms with E-state index in [9.17, 15) is 13.5 Å². The van der Waals surface area contributed by atoms with Crippen molar-refractivity contribution in [1.29, 1.82) is 0 Å². The van der Waals surface area contributed by atoms with Crippen molar-refractivity contribution in [3.05, 3.63) is 24.5 Å². The number of hydrogen-bond acceptors (Lipinski definition) is 6. The number of nitrogens with two attached hydrogens (primary N) is 1. The van der Waals surface area contributed by atoms with E-state index in [1.807, 2.05) is 0 Å². The molecule has 1 aromatic rings. The fourth-order valence-electron chi connectivity index (χ4n) is 3.62. The fourth-order valence-corrected chi connectivity index (χ4v) is 5.02. The van der Waals surface area contributed by atoms with Crippen molar-refractivity contribution < 1.29 is 18.3 Å². The third-order valence-corrected chi connectivity index (χ3v) is 6.99. The molecular formula is C15H23N3O4S. The average molecular weight is 341 g/mol. The Balaban J connectivity index is 1.69. The second-order valence-electron chi connectivity index (χ2n) is 6.23. The summed E-state index contributed by atoms with van der Waals surface area (Å²) in [6.07, 6.45) is 4.28. The summed E-state index contributed by atoms with van der Waals surface area (Å²) < 4.78 is 32.4. The van der Waals surface area contributed by atoms with Crippen molar-refractivity contribution in [2.24, 2.45) is 11.1 Å². The molecule has 3 rings (SSSR count). The Labute approximate surface area is 136 Å². The lowest BCUT2D eigenvalue weighted by molar-refractivity contribution is -0.206. The highest BCUT2D eigenvalue weighted by atomic mass is 32.2. The van der Waals surface area contributed by atoms with Gasteiger partial charge in [-0.15, -0.1) is 0 Å². The lowest BCUT2D eigenvalue weighted by Gasteiger charge is -2.56. The van der Waals surface area contributed by atoms with Crippen LogP contribution in [0.1, 0.15) is 19.3 Å². The van der Waals surface area contributed by atoms with Crippen LogP contribution < -0.4 is 5.73 Å². The van der Waals surface area contributed by atoms with Crippen LogP contribution in [0.2, 0.25) is 0 Å². The van der Waals surface area contributed by atoms with E-state index in [-0.39, 0.29) is 16.4 Å². The van der Waals surface area contributed by atoms with Crippen molar-refractivity contribution in [1.82, 2.24) is 9.29 Å². The van der Waals surface area contributed by atoms with E-state index in [0.29, 0.717) is 45.5 Å². The van der Waals surface area contributed by atoms with Crippen LogP contribution in [0.15, 0.2) is 29.4 Å². The quantitative estimate of drug-likeness (QED) is 0.778. The Morgan fingerprint density at radius 2 is 2.17 bits per heavy atom. The normalized spacial score (nSPS) is 27.7. The van der Waals surface area contributed by atoms with Gasteiger partial charge in [-0.25, -0.2) is 8.42 Å². The lowest BCUT2D eigenvalue weighted by Crippen LogP contribution is -2.62. The molecule has 1 saturated carbocycles. The molecule has 0 aromatic carbocycles. The minimum Gasteiger partial charge on any atom is -0.392 e. The molecule has 2 atom stereocenters. The Hall–Kier alpha value is -1.06. The van der Waals surface area contributed by atoms with Crippen LogP contribution in [0.3, 0.4) is 0 Å². The average Bonchev–Trinajstić information content (AvgIpc) is 2.59. The predicted molar refractivity (Wildman–Crippen MR) is 84.1 cm³/mol. The maximum absolute atomic E-state index is 12.6. The van der Waals surface area contributed by atoms with Gasteiger partial charge in [-0.2, -0.15) is 4.31 Å². The molecule has 1 saturated heterocycles. The summed E-state index contributed by atoms with van der Waals surface area (Å²) in [7, 11) is -3.52. The molecule has 128 valence electrons.